The maximum Gasteiger partial charge on any atom is 0.445 e. The van der Waals surface area contributed by atoms with Gasteiger partial charge in [-0.15, -0.1) is 0 Å². The summed E-state index contributed by atoms with van der Waals surface area (Å²) in [7, 11) is 0. The van der Waals surface area contributed by atoms with Crippen molar-refractivity contribution in [3.8, 4) is 0 Å². The Morgan fingerprint density at radius 1 is 0.800 bits per heavy atom. The molecular formula is C10H14F4O6. The van der Waals surface area contributed by atoms with Crippen LogP contribution in [0.5, 0.6) is 0 Å². The minimum absolute atomic E-state index is 0.176. The first kappa shape index (κ1) is 23.2. The lowest BCUT2D eigenvalue weighted by Gasteiger charge is -2.13. The molecule has 0 aliphatic carbocycles. The van der Waals surface area contributed by atoms with Gasteiger partial charge in [-0.05, 0) is 13.8 Å². The summed E-state index contributed by atoms with van der Waals surface area (Å²) in [6, 6.07) is 0. The predicted octanol–water partition coefficient (Wildman–Crippen LogP) is 1.45. The number of halogens is 4. The van der Waals surface area contributed by atoms with Gasteiger partial charge < -0.3 is 20.4 Å². The van der Waals surface area contributed by atoms with E-state index in [4.69, 9.17) is 20.4 Å². The van der Waals surface area contributed by atoms with E-state index in [2.05, 4.69) is 13.2 Å². The molecule has 118 valence electrons. The molecule has 0 aromatic rings. The first-order valence-electron chi connectivity index (χ1n) is 4.52. The van der Waals surface area contributed by atoms with E-state index < -0.39 is 24.2 Å². The minimum atomic E-state index is -5.34. The number of carbonyl (C=O) groups is 2. The van der Waals surface area contributed by atoms with Gasteiger partial charge in [-0.25, -0.2) is 9.59 Å². The maximum atomic E-state index is 10.8. The Balaban J connectivity index is -0.000000221. The molecule has 4 N–H and O–H groups in total. The molecular weight excluding hydrogens is 292 g/mol. The molecule has 0 saturated carbocycles. The van der Waals surface area contributed by atoms with Gasteiger partial charge in [-0.1, -0.05) is 13.2 Å². The summed E-state index contributed by atoms with van der Waals surface area (Å²) in [6.45, 7) is 9.20. The van der Waals surface area contributed by atoms with Gasteiger partial charge in [0, 0.05) is 11.1 Å². The summed E-state index contributed by atoms with van der Waals surface area (Å²) in [5.74, 6) is -1.87. The highest BCUT2D eigenvalue weighted by molar-refractivity contribution is 5.85. The molecule has 0 fully saturated rings. The highest BCUT2D eigenvalue weighted by Crippen LogP contribution is 2.27. The largest absolute Gasteiger partial charge is 0.478 e. The lowest BCUT2D eigenvalue weighted by Crippen LogP contribution is -2.39. The Morgan fingerprint density at radius 3 is 0.900 bits per heavy atom. The fourth-order valence-corrected chi connectivity index (χ4v) is 0. The van der Waals surface area contributed by atoms with E-state index in [1.165, 1.54) is 13.8 Å². The van der Waals surface area contributed by atoms with E-state index >= 15 is 0 Å². The SMILES string of the molecule is C=C(C)C(=O)O.C=C(C)C(=O)O.OC(F)(F)C(O)(F)F. The molecule has 6 nitrogen and oxygen atoms in total. The summed E-state index contributed by atoms with van der Waals surface area (Å²) < 4.78 is 43.1. The second-order valence-corrected chi connectivity index (χ2v) is 3.25. The highest BCUT2D eigenvalue weighted by Gasteiger charge is 2.54. The standard InChI is InChI=1S/2C4H6O2.C2H2F4O2/c2*1-3(2)4(5)6;3-1(4,7)2(5,6)8/h2*1H2,2H3,(H,5,6);7-8H. The summed E-state index contributed by atoms with van der Waals surface area (Å²) in [4.78, 5) is 19.2. The normalized spacial score (nSPS) is 10.2. The molecule has 0 aliphatic rings. The Bertz CT molecular complexity index is 307. The summed E-state index contributed by atoms with van der Waals surface area (Å²) >= 11 is 0. The fraction of sp³-hybridized carbons (Fsp3) is 0.400. The molecule has 0 aromatic carbocycles. The van der Waals surface area contributed by atoms with Gasteiger partial charge in [0.25, 0.3) is 0 Å². The number of hydrogen-bond donors (Lipinski definition) is 4. The molecule has 0 unspecified atom stereocenters. The van der Waals surface area contributed by atoms with Crippen LogP contribution in [0.25, 0.3) is 0 Å². The number of aliphatic carboxylic acids is 2. The van der Waals surface area contributed by atoms with E-state index in [0.717, 1.165) is 0 Å². The van der Waals surface area contributed by atoms with Crippen molar-refractivity contribution in [2.45, 2.75) is 26.1 Å². The van der Waals surface area contributed by atoms with Crippen LogP contribution in [0.1, 0.15) is 13.8 Å². The van der Waals surface area contributed by atoms with E-state index in [9.17, 15) is 27.2 Å². The van der Waals surface area contributed by atoms with E-state index in [-0.39, 0.29) is 11.1 Å². The number of rotatable bonds is 3. The molecule has 0 bridgehead atoms. The van der Waals surface area contributed by atoms with Crippen LogP contribution < -0.4 is 0 Å². The van der Waals surface area contributed by atoms with Gasteiger partial charge in [0.15, 0.2) is 0 Å². The monoisotopic (exact) mass is 306 g/mol. The molecule has 0 aromatic heterocycles. The van der Waals surface area contributed by atoms with Gasteiger partial charge >= 0.3 is 24.2 Å². The van der Waals surface area contributed by atoms with Crippen molar-refractivity contribution in [1.29, 1.82) is 0 Å². The van der Waals surface area contributed by atoms with Crippen LogP contribution in [0, 0.1) is 0 Å². The van der Waals surface area contributed by atoms with Crippen molar-refractivity contribution < 1.29 is 47.6 Å². The molecule has 10 heteroatoms. The number of hydrogen-bond acceptors (Lipinski definition) is 4. The Hall–Kier alpha value is -1.94. The first-order valence-corrected chi connectivity index (χ1v) is 4.52. The molecule has 0 amide bonds. The van der Waals surface area contributed by atoms with Gasteiger partial charge in [0.2, 0.25) is 0 Å². The summed E-state index contributed by atoms with van der Waals surface area (Å²) in [6.07, 6.45) is -10.7. The van der Waals surface area contributed by atoms with Crippen LogP contribution in [0.15, 0.2) is 24.3 Å². The van der Waals surface area contributed by atoms with Crippen LogP contribution in [0.3, 0.4) is 0 Å². The first-order chi connectivity index (χ1) is 8.54. The third-order valence-electron chi connectivity index (χ3n) is 1.09. The van der Waals surface area contributed by atoms with E-state index in [1.807, 2.05) is 0 Å². The van der Waals surface area contributed by atoms with Crippen LogP contribution in [0.4, 0.5) is 17.6 Å². The molecule has 0 rings (SSSR count). The lowest BCUT2D eigenvalue weighted by atomic mass is 10.4. The van der Waals surface area contributed by atoms with Gasteiger partial charge in [0.1, 0.15) is 0 Å². The average molecular weight is 306 g/mol. The van der Waals surface area contributed by atoms with Crippen molar-refractivity contribution in [3.63, 3.8) is 0 Å². The molecule has 0 saturated heterocycles. The Morgan fingerprint density at radius 2 is 0.900 bits per heavy atom. The van der Waals surface area contributed by atoms with Crippen molar-refractivity contribution in [3.05, 3.63) is 24.3 Å². The number of alkyl halides is 4. The zero-order valence-corrected chi connectivity index (χ0v) is 10.5. The van der Waals surface area contributed by atoms with Gasteiger partial charge in [-0.2, -0.15) is 17.6 Å². The average Bonchev–Trinajstić information content (AvgIpc) is 2.15. The second-order valence-electron chi connectivity index (χ2n) is 3.25. The minimum Gasteiger partial charge on any atom is -0.478 e. The number of carboxylic acid groups (broad SMARTS) is 2. The van der Waals surface area contributed by atoms with Crippen molar-refractivity contribution >= 4 is 11.9 Å². The Kier molecular flexibility index (Phi) is 10.5. The molecule has 0 atom stereocenters. The molecule has 0 aliphatic heterocycles. The Labute approximate surface area is 111 Å². The third kappa shape index (κ3) is 16.1. The topological polar surface area (TPSA) is 115 Å². The van der Waals surface area contributed by atoms with Crippen LogP contribution in [0.2, 0.25) is 0 Å². The van der Waals surface area contributed by atoms with Crippen molar-refractivity contribution in [2.24, 2.45) is 0 Å². The smallest absolute Gasteiger partial charge is 0.445 e. The molecule has 0 heterocycles. The van der Waals surface area contributed by atoms with E-state index in [1.54, 1.807) is 0 Å². The van der Waals surface area contributed by atoms with Crippen LogP contribution in [-0.2, 0) is 9.59 Å². The van der Waals surface area contributed by atoms with Crippen LogP contribution >= 0.6 is 0 Å². The third-order valence-corrected chi connectivity index (χ3v) is 1.09. The number of aliphatic hydroxyl groups is 2. The summed E-state index contributed by atoms with van der Waals surface area (Å²) in [5.41, 5.74) is 0.352. The molecule has 0 spiro atoms. The van der Waals surface area contributed by atoms with Crippen molar-refractivity contribution in [1.82, 2.24) is 0 Å². The lowest BCUT2D eigenvalue weighted by molar-refractivity contribution is -0.404. The van der Waals surface area contributed by atoms with Gasteiger partial charge in [-0.3, -0.25) is 0 Å². The molecule has 20 heavy (non-hydrogen) atoms. The summed E-state index contributed by atoms with van der Waals surface area (Å²) in [5, 5.41) is 29.8. The quantitative estimate of drug-likeness (QED) is 0.463. The zero-order chi connectivity index (χ0) is 17.3. The maximum absolute atomic E-state index is 10.8. The van der Waals surface area contributed by atoms with Gasteiger partial charge in [0.05, 0.1) is 0 Å². The van der Waals surface area contributed by atoms with Crippen LogP contribution in [-0.4, -0.2) is 44.6 Å². The second kappa shape index (κ2) is 9.04. The van der Waals surface area contributed by atoms with E-state index in [0.29, 0.717) is 0 Å². The molecule has 0 radical (unpaired) electrons. The predicted molar refractivity (Wildman–Crippen MR) is 59.2 cm³/mol. The highest BCUT2D eigenvalue weighted by atomic mass is 19.3. The van der Waals surface area contributed by atoms with Crippen molar-refractivity contribution in [2.75, 3.05) is 0 Å². The number of carboxylic acids is 2. The fourth-order valence-electron chi connectivity index (χ4n) is 0. The zero-order valence-electron chi connectivity index (χ0n) is 10.5.